The lowest BCUT2D eigenvalue weighted by Gasteiger charge is -2.13. The maximum absolute atomic E-state index is 5.87. The molecule has 0 aliphatic carbocycles. The molecule has 14 heavy (non-hydrogen) atoms. The van der Waals surface area contributed by atoms with Gasteiger partial charge in [0.05, 0.1) is 17.3 Å². The summed E-state index contributed by atoms with van der Waals surface area (Å²) in [6.07, 6.45) is 1.11. The minimum absolute atomic E-state index is 0.527. The van der Waals surface area contributed by atoms with E-state index in [2.05, 4.69) is 35.8 Å². The van der Waals surface area contributed by atoms with Crippen molar-refractivity contribution in [3.8, 4) is 5.75 Å². The van der Waals surface area contributed by atoms with E-state index >= 15 is 0 Å². The van der Waals surface area contributed by atoms with Crippen LogP contribution in [0.4, 0.5) is 5.69 Å². The Hall–Kier alpha value is -0.700. The van der Waals surface area contributed by atoms with E-state index in [0.29, 0.717) is 11.6 Å². The van der Waals surface area contributed by atoms with Crippen molar-refractivity contribution in [3.05, 3.63) is 22.2 Å². The van der Waals surface area contributed by atoms with Crippen LogP contribution >= 0.6 is 15.9 Å². The minimum atomic E-state index is 0.527. The van der Waals surface area contributed by atoms with Crippen LogP contribution < -0.4 is 10.5 Å². The molecular weight excluding hydrogens is 242 g/mol. The molecule has 0 spiro atoms. The molecule has 1 unspecified atom stereocenters. The number of anilines is 1. The van der Waals surface area contributed by atoms with Gasteiger partial charge in [-0.1, -0.05) is 13.8 Å². The smallest absolute Gasteiger partial charge is 0.155 e. The van der Waals surface area contributed by atoms with Crippen molar-refractivity contribution in [2.45, 2.75) is 26.2 Å². The van der Waals surface area contributed by atoms with E-state index in [1.807, 2.05) is 6.07 Å². The third kappa shape index (κ3) is 2.21. The number of ether oxygens (including phenoxy) is 1. The topological polar surface area (TPSA) is 35.2 Å². The molecule has 1 aromatic rings. The van der Waals surface area contributed by atoms with Crippen molar-refractivity contribution < 1.29 is 4.74 Å². The monoisotopic (exact) mass is 257 g/mol. The van der Waals surface area contributed by atoms with E-state index in [-0.39, 0.29) is 0 Å². The van der Waals surface area contributed by atoms with Crippen LogP contribution in [0.2, 0.25) is 0 Å². The van der Waals surface area contributed by atoms with Crippen molar-refractivity contribution in [1.29, 1.82) is 0 Å². The number of nitrogens with two attached hydrogens (primary N) is 1. The summed E-state index contributed by atoms with van der Waals surface area (Å²) < 4.78 is 6.10. The molecule has 0 radical (unpaired) electrons. The van der Waals surface area contributed by atoms with Crippen LogP contribution in [0.5, 0.6) is 5.75 Å². The van der Waals surface area contributed by atoms with Crippen molar-refractivity contribution in [1.82, 2.24) is 0 Å². The molecule has 0 aromatic heterocycles. The van der Waals surface area contributed by atoms with Gasteiger partial charge >= 0.3 is 0 Å². The van der Waals surface area contributed by atoms with Crippen molar-refractivity contribution in [2.75, 3.05) is 12.8 Å². The second-order valence-electron chi connectivity index (χ2n) is 3.43. The molecular formula is C11H16BrNO. The standard InChI is InChI=1S/C11H16BrNO/c1-4-7(2)8-5-9(12)11(14-3)10(13)6-8/h5-7H,4,13H2,1-3H3. The van der Waals surface area contributed by atoms with Gasteiger partial charge in [-0.25, -0.2) is 0 Å². The second kappa shape index (κ2) is 4.69. The first-order valence-electron chi connectivity index (χ1n) is 4.73. The Morgan fingerprint density at radius 3 is 2.57 bits per heavy atom. The van der Waals surface area contributed by atoms with Gasteiger partial charge in [-0.05, 0) is 46.0 Å². The minimum Gasteiger partial charge on any atom is -0.493 e. The van der Waals surface area contributed by atoms with Gasteiger partial charge in [0.25, 0.3) is 0 Å². The third-order valence-corrected chi connectivity index (χ3v) is 3.07. The first-order valence-corrected chi connectivity index (χ1v) is 5.52. The number of benzene rings is 1. The second-order valence-corrected chi connectivity index (χ2v) is 4.29. The van der Waals surface area contributed by atoms with Gasteiger partial charge in [0.2, 0.25) is 0 Å². The molecule has 2 nitrogen and oxygen atoms in total. The SMILES string of the molecule is CCC(C)c1cc(N)c(OC)c(Br)c1. The van der Waals surface area contributed by atoms with Gasteiger partial charge in [0, 0.05) is 0 Å². The predicted octanol–water partition coefficient (Wildman–Crippen LogP) is 3.55. The molecule has 1 rings (SSSR count). The number of halogens is 1. The highest BCUT2D eigenvalue weighted by Crippen LogP contribution is 2.35. The highest BCUT2D eigenvalue weighted by Gasteiger charge is 2.10. The molecule has 0 aliphatic rings. The quantitative estimate of drug-likeness (QED) is 0.841. The summed E-state index contributed by atoms with van der Waals surface area (Å²) in [5.41, 5.74) is 7.81. The Morgan fingerprint density at radius 1 is 1.50 bits per heavy atom. The van der Waals surface area contributed by atoms with Gasteiger partial charge in [-0.2, -0.15) is 0 Å². The summed E-state index contributed by atoms with van der Waals surface area (Å²) in [4.78, 5) is 0. The molecule has 78 valence electrons. The van der Waals surface area contributed by atoms with E-state index in [1.165, 1.54) is 5.56 Å². The van der Waals surface area contributed by atoms with Gasteiger partial charge in [0.15, 0.2) is 5.75 Å². The van der Waals surface area contributed by atoms with Gasteiger partial charge in [-0.15, -0.1) is 0 Å². The summed E-state index contributed by atoms with van der Waals surface area (Å²) >= 11 is 3.45. The Balaban J connectivity index is 3.13. The van der Waals surface area contributed by atoms with Crippen LogP contribution in [0.3, 0.4) is 0 Å². The lowest BCUT2D eigenvalue weighted by molar-refractivity contribution is 0.414. The maximum Gasteiger partial charge on any atom is 0.155 e. The largest absolute Gasteiger partial charge is 0.493 e. The van der Waals surface area contributed by atoms with Gasteiger partial charge in [0.1, 0.15) is 0 Å². The molecule has 0 aliphatic heterocycles. The number of hydrogen-bond donors (Lipinski definition) is 1. The molecule has 3 heteroatoms. The number of nitrogen functional groups attached to an aromatic ring is 1. The summed E-state index contributed by atoms with van der Waals surface area (Å²) in [7, 11) is 1.62. The lowest BCUT2D eigenvalue weighted by atomic mass is 9.98. The van der Waals surface area contributed by atoms with Crippen LogP contribution in [0.1, 0.15) is 31.7 Å². The van der Waals surface area contributed by atoms with Crippen LogP contribution in [0, 0.1) is 0 Å². The molecule has 1 atom stereocenters. The fourth-order valence-corrected chi connectivity index (χ4v) is 2.03. The van der Waals surface area contributed by atoms with Crippen molar-refractivity contribution in [2.24, 2.45) is 0 Å². The molecule has 1 aromatic carbocycles. The van der Waals surface area contributed by atoms with E-state index < -0.39 is 0 Å². The summed E-state index contributed by atoms with van der Waals surface area (Å²) in [5, 5.41) is 0. The Labute approximate surface area is 93.6 Å². The molecule has 0 fully saturated rings. The number of hydrogen-bond acceptors (Lipinski definition) is 2. The summed E-state index contributed by atoms with van der Waals surface area (Å²) in [6, 6.07) is 4.06. The molecule has 0 heterocycles. The molecule has 0 amide bonds. The van der Waals surface area contributed by atoms with Crippen LogP contribution in [0.15, 0.2) is 16.6 Å². The zero-order valence-electron chi connectivity index (χ0n) is 8.80. The van der Waals surface area contributed by atoms with E-state index in [0.717, 1.165) is 16.6 Å². The zero-order valence-corrected chi connectivity index (χ0v) is 10.4. The van der Waals surface area contributed by atoms with Crippen molar-refractivity contribution in [3.63, 3.8) is 0 Å². The van der Waals surface area contributed by atoms with Gasteiger partial charge in [-0.3, -0.25) is 0 Å². The number of methoxy groups -OCH3 is 1. The first kappa shape index (κ1) is 11.4. The fraction of sp³-hybridized carbons (Fsp3) is 0.455. The van der Waals surface area contributed by atoms with Crippen LogP contribution in [-0.2, 0) is 0 Å². The normalized spacial score (nSPS) is 12.6. The lowest BCUT2D eigenvalue weighted by Crippen LogP contribution is -1.98. The summed E-state index contributed by atoms with van der Waals surface area (Å²) in [5.74, 6) is 1.25. The Morgan fingerprint density at radius 2 is 2.14 bits per heavy atom. The first-order chi connectivity index (χ1) is 6.60. The highest BCUT2D eigenvalue weighted by atomic mass is 79.9. The van der Waals surface area contributed by atoms with E-state index in [4.69, 9.17) is 10.5 Å². The van der Waals surface area contributed by atoms with Crippen LogP contribution in [-0.4, -0.2) is 7.11 Å². The number of rotatable bonds is 3. The molecule has 2 N–H and O–H groups in total. The van der Waals surface area contributed by atoms with Crippen molar-refractivity contribution >= 4 is 21.6 Å². The Bertz CT molecular complexity index is 302. The average molecular weight is 258 g/mol. The Kier molecular flexibility index (Phi) is 3.81. The fourth-order valence-electron chi connectivity index (χ4n) is 1.37. The molecule has 0 saturated heterocycles. The molecule has 0 bridgehead atoms. The maximum atomic E-state index is 5.87. The third-order valence-electron chi connectivity index (χ3n) is 2.48. The van der Waals surface area contributed by atoms with Crippen LogP contribution in [0.25, 0.3) is 0 Å². The molecule has 0 saturated carbocycles. The predicted molar refractivity (Wildman–Crippen MR) is 63.8 cm³/mol. The van der Waals surface area contributed by atoms with Gasteiger partial charge < -0.3 is 10.5 Å². The van der Waals surface area contributed by atoms with E-state index in [9.17, 15) is 0 Å². The van der Waals surface area contributed by atoms with E-state index in [1.54, 1.807) is 7.11 Å². The summed E-state index contributed by atoms with van der Waals surface area (Å²) in [6.45, 7) is 4.35. The zero-order chi connectivity index (χ0) is 10.7. The highest BCUT2D eigenvalue weighted by molar-refractivity contribution is 9.10. The average Bonchev–Trinajstić information content (AvgIpc) is 2.16.